The smallest absolute Gasteiger partial charge is 0.270 e. The van der Waals surface area contributed by atoms with Gasteiger partial charge in [0.25, 0.3) is 5.91 Å². The summed E-state index contributed by atoms with van der Waals surface area (Å²) in [5.74, 6) is 0.0662. The van der Waals surface area contributed by atoms with Crippen LogP contribution >= 0.6 is 0 Å². The molecule has 1 aliphatic rings. The second kappa shape index (κ2) is 3.22. The van der Waals surface area contributed by atoms with Gasteiger partial charge in [-0.25, -0.2) is 0 Å². The molecule has 0 spiro atoms. The highest BCUT2D eigenvalue weighted by atomic mass is 16.2. The van der Waals surface area contributed by atoms with Gasteiger partial charge >= 0.3 is 0 Å². The number of amides is 1. The molecular weight excluding hydrogens is 166 g/mol. The second-order valence-electron chi connectivity index (χ2n) is 3.31. The summed E-state index contributed by atoms with van der Waals surface area (Å²) in [5, 5.41) is 3.14. The van der Waals surface area contributed by atoms with Crippen molar-refractivity contribution in [3.63, 3.8) is 0 Å². The van der Waals surface area contributed by atoms with Crippen molar-refractivity contribution >= 4 is 5.91 Å². The van der Waals surface area contributed by atoms with Gasteiger partial charge in [-0.3, -0.25) is 4.79 Å². The Morgan fingerprint density at radius 2 is 2.38 bits per heavy atom. The fourth-order valence-corrected chi connectivity index (χ4v) is 1.37. The quantitative estimate of drug-likeness (QED) is 0.674. The fraction of sp³-hybridized carbons (Fsp3) is 0.444. The van der Waals surface area contributed by atoms with Crippen molar-refractivity contribution in [2.45, 2.75) is 6.04 Å². The number of carbonyl (C=O) groups excluding carboxylic acids is 1. The van der Waals surface area contributed by atoms with Gasteiger partial charge in [-0.1, -0.05) is 0 Å². The maximum absolute atomic E-state index is 11.7. The van der Waals surface area contributed by atoms with Crippen LogP contribution in [0.1, 0.15) is 10.5 Å². The Balaban J connectivity index is 2.04. The van der Waals surface area contributed by atoms with Crippen LogP contribution in [-0.2, 0) is 0 Å². The van der Waals surface area contributed by atoms with Crippen molar-refractivity contribution < 1.29 is 4.79 Å². The molecule has 0 unspecified atom stereocenters. The molecule has 1 aliphatic heterocycles. The van der Waals surface area contributed by atoms with E-state index >= 15 is 0 Å². The Bertz CT molecular complexity index is 290. The van der Waals surface area contributed by atoms with Gasteiger partial charge in [0.1, 0.15) is 5.69 Å². The van der Waals surface area contributed by atoms with Gasteiger partial charge in [0.15, 0.2) is 0 Å². The maximum atomic E-state index is 11.7. The number of nitrogens with one attached hydrogen (secondary N) is 2. The molecule has 1 aromatic heterocycles. The topological polar surface area (TPSA) is 48.1 Å². The van der Waals surface area contributed by atoms with Crippen LogP contribution < -0.4 is 5.32 Å². The molecule has 4 nitrogen and oxygen atoms in total. The second-order valence-corrected chi connectivity index (χ2v) is 3.31. The third kappa shape index (κ3) is 1.45. The maximum Gasteiger partial charge on any atom is 0.270 e. The number of nitrogens with zero attached hydrogens (tertiary/aromatic N) is 1. The highest BCUT2D eigenvalue weighted by Gasteiger charge is 2.26. The monoisotopic (exact) mass is 179 g/mol. The molecule has 2 N–H and O–H groups in total. The number of carbonyl (C=O) groups is 1. The Kier molecular flexibility index (Phi) is 2.06. The molecule has 0 atom stereocenters. The van der Waals surface area contributed by atoms with Gasteiger partial charge in [0.2, 0.25) is 0 Å². The summed E-state index contributed by atoms with van der Waals surface area (Å²) < 4.78 is 0. The number of rotatable bonds is 2. The summed E-state index contributed by atoms with van der Waals surface area (Å²) in [5.41, 5.74) is 0.661. The van der Waals surface area contributed by atoms with Crippen molar-refractivity contribution in [3.05, 3.63) is 24.0 Å². The number of aromatic amines is 1. The summed E-state index contributed by atoms with van der Waals surface area (Å²) in [6, 6.07) is 3.99. The van der Waals surface area contributed by atoms with Crippen molar-refractivity contribution in [1.82, 2.24) is 15.2 Å². The van der Waals surface area contributed by atoms with Gasteiger partial charge in [0, 0.05) is 26.3 Å². The lowest BCUT2D eigenvalue weighted by molar-refractivity contribution is 0.0676. The minimum absolute atomic E-state index is 0.0662. The molecule has 2 rings (SSSR count). The van der Waals surface area contributed by atoms with E-state index in [1.54, 1.807) is 17.2 Å². The number of H-pyrrole nitrogens is 1. The van der Waals surface area contributed by atoms with Crippen LogP contribution in [0, 0.1) is 0 Å². The summed E-state index contributed by atoms with van der Waals surface area (Å²) in [6.07, 6.45) is 1.76. The first-order valence-electron chi connectivity index (χ1n) is 4.40. The Labute approximate surface area is 76.9 Å². The molecule has 2 heterocycles. The molecule has 13 heavy (non-hydrogen) atoms. The van der Waals surface area contributed by atoms with E-state index < -0.39 is 0 Å². The molecular formula is C9H13N3O. The molecule has 0 bridgehead atoms. The van der Waals surface area contributed by atoms with Crippen molar-refractivity contribution in [2.24, 2.45) is 0 Å². The summed E-state index contributed by atoms with van der Waals surface area (Å²) >= 11 is 0. The van der Waals surface area contributed by atoms with E-state index in [9.17, 15) is 4.79 Å². The van der Waals surface area contributed by atoms with E-state index in [-0.39, 0.29) is 5.91 Å². The van der Waals surface area contributed by atoms with E-state index in [1.165, 1.54) is 0 Å². The number of hydrogen-bond acceptors (Lipinski definition) is 2. The fourth-order valence-electron chi connectivity index (χ4n) is 1.37. The molecule has 1 saturated heterocycles. The predicted molar refractivity (Wildman–Crippen MR) is 49.5 cm³/mol. The lowest BCUT2D eigenvalue weighted by atomic mass is 10.1. The zero-order chi connectivity index (χ0) is 9.26. The van der Waals surface area contributed by atoms with Crippen LogP contribution in [-0.4, -0.2) is 42.0 Å². The van der Waals surface area contributed by atoms with E-state index in [0.29, 0.717) is 11.7 Å². The van der Waals surface area contributed by atoms with Crippen molar-refractivity contribution in [3.8, 4) is 0 Å². The van der Waals surface area contributed by atoms with Crippen LogP contribution in [0.2, 0.25) is 0 Å². The molecule has 0 saturated carbocycles. The summed E-state index contributed by atoms with van der Waals surface area (Å²) in [7, 11) is 1.84. The molecule has 0 radical (unpaired) electrons. The van der Waals surface area contributed by atoms with Gasteiger partial charge in [0.05, 0.1) is 6.04 Å². The first kappa shape index (κ1) is 8.31. The molecule has 1 amide bonds. The molecule has 1 aromatic rings. The Morgan fingerprint density at radius 1 is 1.62 bits per heavy atom. The van der Waals surface area contributed by atoms with Crippen LogP contribution in [0.15, 0.2) is 18.3 Å². The minimum Gasteiger partial charge on any atom is -0.357 e. The highest BCUT2D eigenvalue weighted by Crippen LogP contribution is 2.07. The zero-order valence-electron chi connectivity index (χ0n) is 7.58. The third-order valence-electron chi connectivity index (χ3n) is 2.46. The van der Waals surface area contributed by atoms with Crippen LogP contribution in [0.25, 0.3) is 0 Å². The third-order valence-corrected chi connectivity index (χ3v) is 2.46. The van der Waals surface area contributed by atoms with Gasteiger partial charge in [-0.15, -0.1) is 0 Å². The zero-order valence-corrected chi connectivity index (χ0v) is 7.58. The summed E-state index contributed by atoms with van der Waals surface area (Å²) in [6.45, 7) is 1.81. The van der Waals surface area contributed by atoms with E-state index in [4.69, 9.17) is 0 Å². The average molecular weight is 179 g/mol. The Morgan fingerprint density at radius 3 is 2.85 bits per heavy atom. The standard InChI is InChI=1S/C9H13N3O/c1-12(7-5-10-6-7)9(13)8-3-2-4-11-8/h2-4,7,10-11H,5-6H2,1H3. The lowest BCUT2D eigenvalue weighted by Crippen LogP contribution is -2.57. The summed E-state index contributed by atoms with van der Waals surface area (Å²) in [4.78, 5) is 16.4. The van der Waals surface area contributed by atoms with E-state index in [2.05, 4.69) is 10.3 Å². The first-order chi connectivity index (χ1) is 6.29. The van der Waals surface area contributed by atoms with E-state index in [1.807, 2.05) is 13.1 Å². The average Bonchev–Trinajstić information content (AvgIpc) is 2.51. The van der Waals surface area contributed by atoms with Crippen LogP contribution in [0.4, 0.5) is 0 Å². The molecule has 0 aromatic carbocycles. The highest BCUT2D eigenvalue weighted by molar-refractivity contribution is 5.92. The van der Waals surface area contributed by atoms with Gasteiger partial charge in [-0.05, 0) is 12.1 Å². The molecule has 0 aliphatic carbocycles. The van der Waals surface area contributed by atoms with E-state index in [0.717, 1.165) is 13.1 Å². The number of likely N-dealkylation sites (N-methyl/N-ethyl adjacent to an activating group) is 1. The largest absolute Gasteiger partial charge is 0.357 e. The van der Waals surface area contributed by atoms with Crippen molar-refractivity contribution in [2.75, 3.05) is 20.1 Å². The SMILES string of the molecule is CN(C(=O)c1ccc[nH]1)C1CNC1. The number of hydrogen-bond donors (Lipinski definition) is 2. The van der Waals surface area contributed by atoms with Gasteiger partial charge in [-0.2, -0.15) is 0 Å². The van der Waals surface area contributed by atoms with Gasteiger partial charge < -0.3 is 15.2 Å². The number of aromatic nitrogens is 1. The molecule has 70 valence electrons. The normalized spacial score (nSPS) is 16.7. The van der Waals surface area contributed by atoms with Crippen LogP contribution in [0.5, 0.6) is 0 Å². The van der Waals surface area contributed by atoms with Crippen LogP contribution in [0.3, 0.4) is 0 Å². The predicted octanol–water partition coefficient (Wildman–Crippen LogP) is 0.0585. The van der Waals surface area contributed by atoms with Crippen molar-refractivity contribution in [1.29, 1.82) is 0 Å². The molecule has 1 fully saturated rings. The Hall–Kier alpha value is -1.29. The minimum atomic E-state index is 0.0662. The molecule has 4 heteroatoms. The first-order valence-corrected chi connectivity index (χ1v) is 4.40. The lowest BCUT2D eigenvalue weighted by Gasteiger charge is -2.35.